The second kappa shape index (κ2) is 8.81. The molecule has 0 spiro atoms. The maximum absolute atomic E-state index is 12.4. The van der Waals surface area contributed by atoms with Gasteiger partial charge >= 0.3 is 11.9 Å². The molecule has 0 bridgehead atoms. The van der Waals surface area contributed by atoms with E-state index in [1.165, 1.54) is 0 Å². The zero-order valence-electron chi connectivity index (χ0n) is 15.5. The smallest absolute Gasteiger partial charge is 0.359 e. The summed E-state index contributed by atoms with van der Waals surface area (Å²) in [6.45, 7) is 3.59. The first-order chi connectivity index (χ1) is 13.7. The van der Waals surface area contributed by atoms with Crippen LogP contribution in [-0.2, 0) is 9.47 Å². The molecule has 0 radical (unpaired) electrons. The fourth-order valence-electron chi connectivity index (χ4n) is 2.48. The second-order valence-electron chi connectivity index (χ2n) is 5.49. The Labute approximate surface area is 161 Å². The van der Waals surface area contributed by atoms with Crippen LogP contribution in [-0.4, -0.2) is 45.1 Å². The highest BCUT2D eigenvalue weighted by Crippen LogP contribution is 2.28. The zero-order chi connectivity index (χ0) is 19.9. The van der Waals surface area contributed by atoms with E-state index in [2.05, 4.69) is 19.9 Å². The molecule has 0 aliphatic heterocycles. The molecule has 0 fully saturated rings. The molecule has 0 atom stereocenters. The highest BCUT2D eigenvalue weighted by molar-refractivity contribution is 6.01. The third-order valence-electron chi connectivity index (χ3n) is 3.65. The number of carbonyl (C=O) groups is 2. The van der Waals surface area contributed by atoms with Crippen molar-refractivity contribution in [3.63, 3.8) is 0 Å². The van der Waals surface area contributed by atoms with Gasteiger partial charge in [-0.3, -0.25) is 9.97 Å². The summed E-state index contributed by atoms with van der Waals surface area (Å²) in [7, 11) is 0. The molecule has 8 heteroatoms. The number of ether oxygens (including phenoxy) is 2. The maximum Gasteiger partial charge on any atom is 0.359 e. The summed E-state index contributed by atoms with van der Waals surface area (Å²) < 4.78 is 10.1. The molecule has 28 heavy (non-hydrogen) atoms. The maximum atomic E-state index is 12.4. The van der Waals surface area contributed by atoms with Gasteiger partial charge < -0.3 is 9.47 Å². The average molecular weight is 378 g/mol. The molecule has 0 aromatic carbocycles. The van der Waals surface area contributed by atoms with E-state index in [0.717, 1.165) is 0 Å². The molecule has 3 aromatic rings. The number of rotatable bonds is 6. The van der Waals surface area contributed by atoms with Gasteiger partial charge in [-0.25, -0.2) is 19.6 Å². The second-order valence-corrected chi connectivity index (χ2v) is 5.49. The summed E-state index contributed by atoms with van der Waals surface area (Å²) in [4.78, 5) is 42.3. The number of esters is 2. The van der Waals surface area contributed by atoms with E-state index in [0.29, 0.717) is 22.8 Å². The molecule has 0 aliphatic carbocycles. The Balaban J connectivity index is 2.29. The molecule has 8 nitrogen and oxygen atoms in total. The van der Waals surface area contributed by atoms with Crippen LogP contribution in [0.25, 0.3) is 22.8 Å². The number of pyridine rings is 2. The first-order valence-corrected chi connectivity index (χ1v) is 8.74. The van der Waals surface area contributed by atoms with Gasteiger partial charge in [0.2, 0.25) is 0 Å². The lowest BCUT2D eigenvalue weighted by molar-refractivity contribution is 0.0468. The van der Waals surface area contributed by atoms with Crippen molar-refractivity contribution < 1.29 is 19.1 Å². The first-order valence-electron chi connectivity index (χ1n) is 8.74. The van der Waals surface area contributed by atoms with Crippen LogP contribution in [0.1, 0.15) is 34.8 Å². The summed E-state index contributed by atoms with van der Waals surface area (Å²) in [6.07, 6.45) is 3.20. The van der Waals surface area contributed by atoms with Crippen molar-refractivity contribution in [3.8, 4) is 22.8 Å². The van der Waals surface area contributed by atoms with E-state index in [-0.39, 0.29) is 24.6 Å². The Morgan fingerprint density at radius 3 is 1.50 bits per heavy atom. The Hall–Kier alpha value is -3.68. The Morgan fingerprint density at radius 1 is 0.750 bits per heavy atom. The predicted molar refractivity (Wildman–Crippen MR) is 100 cm³/mol. The first kappa shape index (κ1) is 19.1. The van der Waals surface area contributed by atoms with Crippen LogP contribution in [0.5, 0.6) is 0 Å². The summed E-state index contributed by atoms with van der Waals surface area (Å²) in [5.41, 5.74) is 1.15. The predicted octanol–water partition coefficient (Wildman–Crippen LogP) is 2.95. The van der Waals surface area contributed by atoms with E-state index in [9.17, 15) is 9.59 Å². The van der Waals surface area contributed by atoms with Gasteiger partial charge in [0.1, 0.15) is 11.4 Å². The SMILES string of the molecule is CCOC(=O)c1nc(-c2ccccn2)c(-c2ccccn2)nc1C(=O)OCC. The topological polar surface area (TPSA) is 104 Å². The Morgan fingerprint density at radius 2 is 1.18 bits per heavy atom. The van der Waals surface area contributed by atoms with E-state index in [1.54, 1.807) is 62.6 Å². The van der Waals surface area contributed by atoms with Gasteiger partial charge in [0.05, 0.1) is 24.6 Å². The van der Waals surface area contributed by atoms with Crippen LogP contribution in [0.15, 0.2) is 48.8 Å². The van der Waals surface area contributed by atoms with Crippen LogP contribution in [0, 0.1) is 0 Å². The minimum Gasteiger partial charge on any atom is -0.461 e. The normalized spacial score (nSPS) is 10.4. The van der Waals surface area contributed by atoms with Crippen LogP contribution < -0.4 is 0 Å². The van der Waals surface area contributed by atoms with Gasteiger partial charge in [-0.2, -0.15) is 0 Å². The zero-order valence-corrected chi connectivity index (χ0v) is 15.5. The lowest BCUT2D eigenvalue weighted by Crippen LogP contribution is -2.19. The standard InChI is InChI=1S/C20H18N4O4/c1-3-27-19(25)17-18(20(26)28-4-2)24-16(14-10-6-8-12-22-14)15(23-17)13-9-5-7-11-21-13/h5-12H,3-4H2,1-2H3. The quantitative estimate of drug-likeness (QED) is 0.603. The largest absolute Gasteiger partial charge is 0.461 e. The molecule has 142 valence electrons. The minimum atomic E-state index is -0.761. The van der Waals surface area contributed by atoms with E-state index in [1.807, 2.05) is 0 Å². The molecule has 0 unspecified atom stereocenters. The van der Waals surface area contributed by atoms with Crippen molar-refractivity contribution in [1.29, 1.82) is 0 Å². The number of nitrogens with zero attached hydrogens (tertiary/aromatic N) is 4. The Kier molecular flexibility index (Phi) is 6.01. The Bertz CT molecular complexity index is 898. The van der Waals surface area contributed by atoms with E-state index in [4.69, 9.17) is 9.47 Å². The number of hydrogen-bond acceptors (Lipinski definition) is 8. The summed E-state index contributed by atoms with van der Waals surface area (Å²) in [5.74, 6) is -1.52. The van der Waals surface area contributed by atoms with Crippen molar-refractivity contribution in [3.05, 3.63) is 60.2 Å². The summed E-state index contributed by atoms with van der Waals surface area (Å²) in [6, 6.07) is 10.6. The molecule has 3 heterocycles. The third-order valence-corrected chi connectivity index (χ3v) is 3.65. The van der Waals surface area contributed by atoms with Gasteiger partial charge in [0, 0.05) is 12.4 Å². The van der Waals surface area contributed by atoms with Crippen molar-refractivity contribution in [2.45, 2.75) is 13.8 Å². The molecular weight excluding hydrogens is 360 g/mol. The lowest BCUT2D eigenvalue weighted by Gasteiger charge is -2.13. The van der Waals surface area contributed by atoms with Crippen LogP contribution in [0.4, 0.5) is 0 Å². The van der Waals surface area contributed by atoms with Gasteiger partial charge in [0.15, 0.2) is 11.4 Å². The fourth-order valence-corrected chi connectivity index (χ4v) is 2.48. The van der Waals surface area contributed by atoms with Crippen molar-refractivity contribution >= 4 is 11.9 Å². The molecule has 0 aliphatic rings. The van der Waals surface area contributed by atoms with E-state index >= 15 is 0 Å². The van der Waals surface area contributed by atoms with Crippen LogP contribution in [0.2, 0.25) is 0 Å². The molecular formula is C20H18N4O4. The highest BCUT2D eigenvalue weighted by atomic mass is 16.5. The lowest BCUT2D eigenvalue weighted by atomic mass is 10.1. The van der Waals surface area contributed by atoms with E-state index < -0.39 is 11.9 Å². The number of hydrogen-bond donors (Lipinski definition) is 0. The molecule has 3 aromatic heterocycles. The number of carbonyl (C=O) groups excluding carboxylic acids is 2. The van der Waals surface area contributed by atoms with Gasteiger partial charge in [-0.05, 0) is 38.1 Å². The fraction of sp³-hybridized carbons (Fsp3) is 0.200. The number of aromatic nitrogens is 4. The average Bonchev–Trinajstić information content (AvgIpc) is 2.74. The van der Waals surface area contributed by atoms with Crippen molar-refractivity contribution in [2.24, 2.45) is 0 Å². The van der Waals surface area contributed by atoms with Gasteiger partial charge in [-0.15, -0.1) is 0 Å². The van der Waals surface area contributed by atoms with Gasteiger partial charge in [0.25, 0.3) is 0 Å². The van der Waals surface area contributed by atoms with Crippen LogP contribution in [0.3, 0.4) is 0 Å². The summed E-state index contributed by atoms with van der Waals surface area (Å²) in [5, 5.41) is 0. The molecule has 0 saturated carbocycles. The van der Waals surface area contributed by atoms with Crippen molar-refractivity contribution in [1.82, 2.24) is 19.9 Å². The summed E-state index contributed by atoms with van der Waals surface area (Å²) >= 11 is 0. The minimum absolute atomic E-state index is 0.129. The molecule has 0 N–H and O–H groups in total. The third kappa shape index (κ3) is 4.01. The molecule has 3 rings (SSSR count). The highest BCUT2D eigenvalue weighted by Gasteiger charge is 2.27. The van der Waals surface area contributed by atoms with Crippen LogP contribution >= 0.6 is 0 Å². The molecule has 0 saturated heterocycles. The van der Waals surface area contributed by atoms with Crippen molar-refractivity contribution in [2.75, 3.05) is 13.2 Å². The van der Waals surface area contributed by atoms with Gasteiger partial charge in [-0.1, -0.05) is 12.1 Å². The molecule has 0 amide bonds. The monoisotopic (exact) mass is 378 g/mol.